The number of piperidine rings is 1. The van der Waals surface area contributed by atoms with E-state index in [1.165, 1.54) is 31.5 Å². The van der Waals surface area contributed by atoms with Gasteiger partial charge in [-0.3, -0.25) is 4.90 Å². The van der Waals surface area contributed by atoms with Gasteiger partial charge < -0.3 is 19.8 Å². The average Bonchev–Trinajstić information content (AvgIpc) is 3.08. The second kappa shape index (κ2) is 8.81. The Labute approximate surface area is 144 Å². The SMILES string of the molecule is OC1CCN(CC(O)COc2cccc(CN3CCCC3)c2)CC1. The van der Waals surface area contributed by atoms with E-state index in [4.69, 9.17) is 4.74 Å². The molecule has 0 aliphatic carbocycles. The molecule has 2 aliphatic heterocycles. The van der Waals surface area contributed by atoms with Gasteiger partial charge in [-0.25, -0.2) is 0 Å². The number of benzene rings is 1. The first kappa shape index (κ1) is 17.7. The number of ether oxygens (including phenoxy) is 1. The van der Waals surface area contributed by atoms with Gasteiger partial charge in [-0.1, -0.05) is 12.1 Å². The fourth-order valence-electron chi connectivity index (χ4n) is 3.58. The van der Waals surface area contributed by atoms with Gasteiger partial charge in [0.05, 0.1) is 6.10 Å². The summed E-state index contributed by atoms with van der Waals surface area (Å²) in [6.45, 7) is 5.98. The molecule has 5 nitrogen and oxygen atoms in total. The highest BCUT2D eigenvalue weighted by atomic mass is 16.5. The minimum absolute atomic E-state index is 0.173. The van der Waals surface area contributed by atoms with Gasteiger partial charge in [-0.2, -0.15) is 0 Å². The van der Waals surface area contributed by atoms with Gasteiger partial charge in [0.15, 0.2) is 0 Å². The summed E-state index contributed by atoms with van der Waals surface area (Å²) in [5.74, 6) is 0.833. The van der Waals surface area contributed by atoms with E-state index in [1.54, 1.807) is 0 Å². The Bertz CT molecular complexity index is 497. The van der Waals surface area contributed by atoms with Gasteiger partial charge in [0, 0.05) is 26.2 Å². The number of likely N-dealkylation sites (tertiary alicyclic amines) is 2. The normalized spacial score (nSPS) is 21.9. The van der Waals surface area contributed by atoms with E-state index in [0.717, 1.165) is 38.2 Å². The van der Waals surface area contributed by atoms with Crippen LogP contribution in [0.25, 0.3) is 0 Å². The summed E-state index contributed by atoms with van der Waals surface area (Å²) in [7, 11) is 0. The molecular formula is C19H30N2O3. The van der Waals surface area contributed by atoms with E-state index in [2.05, 4.69) is 21.9 Å². The van der Waals surface area contributed by atoms with Crippen molar-refractivity contribution in [2.45, 2.75) is 44.4 Å². The maximum atomic E-state index is 10.2. The molecule has 2 N–H and O–H groups in total. The van der Waals surface area contributed by atoms with E-state index < -0.39 is 6.10 Å². The average molecular weight is 334 g/mol. The lowest BCUT2D eigenvalue weighted by Crippen LogP contribution is -2.41. The molecule has 2 heterocycles. The zero-order chi connectivity index (χ0) is 16.8. The van der Waals surface area contributed by atoms with Crippen molar-refractivity contribution in [2.24, 2.45) is 0 Å². The van der Waals surface area contributed by atoms with E-state index in [-0.39, 0.29) is 6.10 Å². The molecule has 24 heavy (non-hydrogen) atoms. The van der Waals surface area contributed by atoms with Crippen LogP contribution in [-0.4, -0.2) is 71.6 Å². The predicted molar refractivity (Wildman–Crippen MR) is 94.1 cm³/mol. The minimum atomic E-state index is -0.498. The molecule has 1 aromatic carbocycles. The fraction of sp³-hybridized carbons (Fsp3) is 0.684. The van der Waals surface area contributed by atoms with Crippen LogP contribution in [0.4, 0.5) is 0 Å². The third kappa shape index (κ3) is 5.45. The number of aliphatic hydroxyl groups is 2. The van der Waals surface area contributed by atoms with Crippen molar-refractivity contribution in [3.63, 3.8) is 0 Å². The standard InChI is InChI=1S/C19H30N2O3/c22-17-6-10-21(11-7-17)14-18(23)15-24-19-5-3-4-16(12-19)13-20-8-1-2-9-20/h3-5,12,17-18,22-23H,1-2,6-11,13-15H2. The number of nitrogens with zero attached hydrogens (tertiary/aromatic N) is 2. The van der Waals surface area contributed by atoms with Crippen molar-refractivity contribution >= 4 is 0 Å². The van der Waals surface area contributed by atoms with Crippen LogP contribution in [0.1, 0.15) is 31.2 Å². The Morgan fingerprint density at radius 2 is 1.83 bits per heavy atom. The Morgan fingerprint density at radius 1 is 1.08 bits per heavy atom. The van der Waals surface area contributed by atoms with Crippen LogP contribution in [0, 0.1) is 0 Å². The smallest absolute Gasteiger partial charge is 0.119 e. The molecule has 2 fully saturated rings. The minimum Gasteiger partial charge on any atom is -0.491 e. The van der Waals surface area contributed by atoms with Crippen LogP contribution >= 0.6 is 0 Å². The lowest BCUT2D eigenvalue weighted by Gasteiger charge is -2.30. The Morgan fingerprint density at radius 3 is 2.58 bits per heavy atom. The summed E-state index contributed by atoms with van der Waals surface area (Å²) in [6.07, 6.45) is 3.53. The third-order valence-corrected chi connectivity index (χ3v) is 4.97. The maximum absolute atomic E-state index is 10.2. The molecule has 0 bridgehead atoms. The number of rotatable bonds is 7. The van der Waals surface area contributed by atoms with Crippen molar-refractivity contribution in [3.05, 3.63) is 29.8 Å². The van der Waals surface area contributed by atoms with Crippen LogP contribution < -0.4 is 4.74 Å². The molecule has 0 amide bonds. The topological polar surface area (TPSA) is 56.2 Å². The molecule has 0 spiro atoms. The second-order valence-electron chi connectivity index (χ2n) is 7.13. The third-order valence-electron chi connectivity index (χ3n) is 4.97. The van der Waals surface area contributed by atoms with Crippen LogP contribution in [0.5, 0.6) is 5.75 Å². The number of hydrogen-bond acceptors (Lipinski definition) is 5. The van der Waals surface area contributed by atoms with Crippen molar-refractivity contribution in [2.75, 3.05) is 39.3 Å². The zero-order valence-corrected chi connectivity index (χ0v) is 14.4. The first-order valence-electron chi connectivity index (χ1n) is 9.21. The highest BCUT2D eigenvalue weighted by Crippen LogP contribution is 2.18. The van der Waals surface area contributed by atoms with Crippen molar-refractivity contribution < 1.29 is 14.9 Å². The molecule has 5 heteroatoms. The molecular weight excluding hydrogens is 304 g/mol. The molecule has 1 atom stereocenters. The molecule has 2 aliphatic rings. The summed E-state index contributed by atoms with van der Waals surface area (Å²) in [5.41, 5.74) is 1.27. The quantitative estimate of drug-likeness (QED) is 0.791. The lowest BCUT2D eigenvalue weighted by atomic mass is 10.1. The van der Waals surface area contributed by atoms with Crippen LogP contribution in [0.2, 0.25) is 0 Å². The summed E-state index contributed by atoms with van der Waals surface area (Å²) < 4.78 is 5.79. The van der Waals surface area contributed by atoms with Crippen LogP contribution in [0.15, 0.2) is 24.3 Å². The summed E-state index contributed by atoms with van der Waals surface area (Å²) in [5, 5.41) is 19.7. The summed E-state index contributed by atoms with van der Waals surface area (Å²) >= 11 is 0. The molecule has 2 saturated heterocycles. The van der Waals surface area contributed by atoms with E-state index in [0.29, 0.717) is 13.2 Å². The highest BCUT2D eigenvalue weighted by Gasteiger charge is 2.19. The first-order valence-corrected chi connectivity index (χ1v) is 9.21. The van der Waals surface area contributed by atoms with Crippen molar-refractivity contribution in [1.82, 2.24) is 9.80 Å². The maximum Gasteiger partial charge on any atom is 0.119 e. The van der Waals surface area contributed by atoms with Crippen molar-refractivity contribution in [1.29, 1.82) is 0 Å². The number of β-amino-alcohol motifs (C(OH)–C–C–N with tert-alkyl or cyclic N) is 1. The summed E-state index contributed by atoms with van der Waals surface area (Å²) in [6, 6.07) is 8.21. The van der Waals surface area contributed by atoms with Crippen LogP contribution in [0.3, 0.4) is 0 Å². The number of hydrogen-bond donors (Lipinski definition) is 2. The van der Waals surface area contributed by atoms with Gasteiger partial charge in [-0.05, 0) is 56.5 Å². The molecule has 1 unspecified atom stereocenters. The Kier molecular flexibility index (Phi) is 6.49. The molecule has 0 saturated carbocycles. The first-order chi connectivity index (χ1) is 11.7. The van der Waals surface area contributed by atoms with Crippen LogP contribution in [-0.2, 0) is 6.54 Å². The van der Waals surface area contributed by atoms with E-state index in [1.807, 2.05) is 12.1 Å². The molecule has 134 valence electrons. The number of aliphatic hydroxyl groups excluding tert-OH is 2. The highest BCUT2D eigenvalue weighted by molar-refractivity contribution is 5.28. The molecule has 3 rings (SSSR count). The molecule has 1 aromatic rings. The van der Waals surface area contributed by atoms with Gasteiger partial charge in [0.2, 0.25) is 0 Å². The van der Waals surface area contributed by atoms with Crippen molar-refractivity contribution in [3.8, 4) is 5.75 Å². The molecule has 0 radical (unpaired) electrons. The predicted octanol–water partition coefficient (Wildman–Crippen LogP) is 1.48. The lowest BCUT2D eigenvalue weighted by molar-refractivity contribution is 0.0337. The van der Waals surface area contributed by atoms with E-state index >= 15 is 0 Å². The van der Waals surface area contributed by atoms with Gasteiger partial charge >= 0.3 is 0 Å². The Balaban J connectivity index is 1.42. The molecule has 0 aromatic heterocycles. The largest absolute Gasteiger partial charge is 0.491 e. The van der Waals surface area contributed by atoms with E-state index in [9.17, 15) is 10.2 Å². The van der Waals surface area contributed by atoms with Gasteiger partial charge in [0.1, 0.15) is 18.5 Å². The van der Waals surface area contributed by atoms with Gasteiger partial charge in [0.25, 0.3) is 0 Å². The Hall–Kier alpha value is -1.14. The monoisotopic (exact) mass is 334 g/mol. The van der Waals surface area contributed by atoms with Gasteiger partial charge in [-0.15, -0.1) is 0 Å². The summed E-state index contributed by atoms with van der Waals surface area (Å²) in [4.78, 5) is 4.67. The zero-order valence-electron chi connectivity index (χ0n) is 14.4. The fourth-order valence-corrected chi connectivity index (χ4v) is 3.58. The second-order valence-corrected chi connectivity index (χ2v) is 7.13.